The SMILES string of the molecule is CNS(=O)(=O)CCNC(=O)NC(C(=O)O)C1CC1. The fourth-order valence-corrected chi connectivity index (χ4v) is 1.98. The Hall–Kier alpha value is -1.35. The molecule has 1 rings (SSSR count). The number of aliphatic carboxylic acids is 1. The van der Waals surface area contributed by atoms with Crippen LogP contribution in [0.15, 0.2) is 0 Å². The van der Waals surface area contributed by atoms with E-state index >= 15 is 0 Å². The van der Waals surface area contributed by atoms with Gasteiger partial charge in [0.05, 0.1) is 5.75 Å². The Morgan fingerprint density at radius 3 is 2.44 bits per heavy atom. The highest BCUT2D eigenvalue weighted by Gasteiger charge is 2.37. The highest BCUT2D eigenvalue weighted by Crippen LogP contribution is 2.32. The van der Waals surface area contributed by atoms with Crippen LogP contribution in [-0.4, -0.2) is 50.9 Å². The van der Waals surface area contributed by atoms with Gasteiger partial charge in [-0.2, -0.15) is 0 Å². The van der Waals surface area contributed by atoms with Gasteiger partial charge in [-0.05, 0) is 25.8 Å². The van der Waals surface area contributed by atoms with Crippen LogP contribution in [0.2, 0.25) is 0 Å². The topological polar surface area (TPSA) is 125 Å². The predicted octanol–water partition coefficient (Wildman–Crippen LogP) is -1.30. The highest BCUT2D eigenvalue weighted by molar-refractivity contribution is 7.89. The van der Waals surface area contributed by atoms with Gasteiger partial charge >= 0.3 is 12.0 Å². The Bertz CT molecular complexity index is 418. The lowest BCUT2D eigenvalue weighted by atomic mass is 10.2. The molecule has 104 valence electrons. The Morgan fingerprint density at radius 2 is 2.00 bits per heavy atom. The zero-order valence-corrected chi connectivity index (χ0v) is 10.8. The van der Waals surface area contributed by atoms with Gasteiger partial charge in [0.15, 0.2) is 0 Å². The van der Waals surface area contributed by atoms with Crippen molar-refractivity contribution in [2.24, 2.45) is 5.92 Å². The first kappa shape index (κ1) is 14.7. The maximum atomic E-state index is 11.4. The molecule has 18 heavy (non-hydrogen) atoms. The molecule has 9 heteroatoms. The number of carboxylic acid groups (broad SMARTS) is 1. The van der Waals surface area contributed by atoms with Crippen molar-refractivity contribution in [1.82, 2.24) is 15.4 Å². The third-order valence-electron chi connectivity index (χ3n) is 2.61. The lowest BCUT2D eigenvalue weighted by molar-refractivity contribution is -0.139. The second-order valence-corrected chi connectivity index (χ2v) is 6.12. The molecule has 0 aromatic rings. The molecule has 0 aromatic heterocycles. The van der Waals surface area contributed by atoms with Crippen LogP contribution in [0.4, 0.5) is 4.79 Å². The van der Waals surface area contributed by atoms with Crippen LogP contribution in [0.3, 0.4) is 0 Å². The summed E-state index contributed by atoms with van der Waals surface area (Å²) >= 11 is 0. The van der Waals surface area contributed by atoms with Gasteiger partial charge in [0.1, 0.15) is 6.04 Å². The normalized spacial score (nSPS) is 16.9. The van der Waals surface area contributed by atoms with Crippen LogP contribution in [0, 0.1) is 5.92 Å². The van der Waals surface area contributed by atoms with Gasteiger partial charge in [0, 0.05) is 6.54 Å². The Morgan fingerprint density at radius 1 is 1.39 bits per heavy atom. The maximum absolute atomic E-state index is 11.4. The van der Waals surface area contributed by atoms with E-state index in [-0.39, 0.29) is 18.2 Å². The van der Waals surface area contributed by atoms with Gasteiger partial charge < -0.3 is 15.7 Å². The molecule has 0 bridgehead atoms. The van der Waals surface area contributed by atoms with E-state index in [1.165, 1.54) is 7.05 Å². The molecule has 1 unspecified atom stereocenters. The van der Waals surface area contributed by atoms with Crippen LogP contribution in [0.5, 0.6) is 0 Å². The van der Waals surface area contributed by atoms with E-state index in [1.54, 1.807) is 0 Å². The lowest BCUT2D eigenvalue weighted by Gasteiger charge is -2.14. The molecule has 1 atom stereocenters. The van der Waals surface area contributed by atoms with Gasteiger partial charge in [0.25, 0.3) is 0 Å². The van der Waals surface area contributed by atoms with Crippen LogP contribution in [0.25, 0.3) is 0 Å². The van der Waals surface area contributed by atoms with E-state index < -0.39 is 28.1 Å². The number of carbonyl (C=O) groups excluding carboxylic acids is 1. The molecule has 4 N–H and O–H groups in total. The molecular weight excluding hydrogens is 262 g/mol. The van der Waals surface area contributed by atoms with Crippen molar-refractivity contribution >= 4 is 22.0 Å². The van der Waals surface area contributed by atoms with Crippen molar-refractivity contribution in [2.75, 3.05) is 19.3 Å². The number of hydrogen-bond acceptors (Lipinski definition) is 4. The van der Waals surface area contributed by atoms with Crippen molar-refractivity contribution in [3.05, 3.63) is 0 Å². The molecular formula is C9H17N3O5S. The van der Waals surface area contributed by atoms with Gasteiger partial charge in [-0.15, -0.1) is 0 Å². The summed E-state index contributed by atoms with van der Waals surface area (Å²) in [6, 6.07) is -1.56. The molecule has 1 aliphatic rings. The van der Waals surface area contributed by atoms with Crippen molar-refractivity contribution in [1.29, 1.82) is 0 Å². The summed E-state index contributed by atoms with van der Waals surface area (Å²) in [6.07, 6.45) is 1.57. The number of sulfonamides is 1. The van der Waals surface area contributed by atoms with E-state index in [4.69, 9.17) is 5.11 Å². The molecule has 0 saturated heterocycles. The number of carbonyl (C=O) groups is 2. The third-order valence-corrected chi connectivity index (χ3v) is 3.98. The molecule has 1 fully saturated rings. The summed E-state index contributed by atoms with van der Waals surface area (Å²) in [6.45, 7) is -0.0774. The van der Waals surface area contributed by atoms with Crippen LogP contribution in [0.1, 0.15) is 12.8 Å². The van der Waals surface area contributed by atoms with Gasteiger partial charge in [-0.1, -0.05) is 0 Å². The fraction of sp³-hybridized carbons (Fsp3) is 0.778. The minimum absolute atomic E-state index is 0.0192. The molecule has 1 aliphatic carbocycles. The van der Waals surface area contributed by atoms with E-state index in [2.05, 4.69) is 15.4 Å². The first-order valence-electron chi connectivity index (χ1n) is 5.54. The molecule has 0 radical (unpaired) electrons. The molecule has 1 saturated carbocycles. The quantitative estimate of drug-likeness (QED) is 0.461. The summed E-state index contributed by atoms with van der Waals surface area (Å²) < 4.78 is 24.2. The van der Waals surface area contributed by atoms with Gasteiger partial charge in [-0.25, -0.2) is 22.7 Å². The lowest BCUT2D eigenvalue weighted by Crippen LogP contribution is -2.48. The molecule has 0 spiro atoms. The standard InChI is InChI=1S/C9H17N3O5S/c1-10-18(16,17)5-4-11-9(15)12-7(8(13)14)6-2-3-6/h6-7,10H,2-5H2,1H3,(H,13,14)(H2,11,12,15). The molecule has 2 amide bonds. The first-order chi connectivity index (χ1) is 8.35. The smallest absolute Gasteiger partial charge is 0.326 e. The van der Waals surface area contributed by atoms with Crippen molar-refractivity contribution in [3.63, 3.8) is 0 Å². The summed E-state index contributed by atoms with van der Waals surface area (Å²) in [5, 5.41) is 13.5. The van der Waals surface area contributed by atoms with Crippen molar-refractivity contribution in [3.8, 4) is 0 Å². The van der Waals surface area contributed by atoms with Gasteiger partial charge in [0.2, 0.25) is 10.0 Å². The van der Waals surface area contributed by atoms with Crippen molar-refractivity contribution in [2.45, 2.75) is 18.9 Å². The zero-order valence-electron chi connectivity index (χ0n) is 9.97. The van der Waals surface area contributed by atoms with Crippen LogP contribution < -0.4 is 15.4 Å². The second-order valence-electron chi connectivity index (χ2n) is 4.08. The molecule has 8 nitrogen and oxygen atoms in total. The summed E-state index contributed by atoms with van der Waals surface area (Å²) in [7, 11) is -2.09. The minimum atomic E-state index is -3.37. The largest absolute Gasteiger partial charge is 0.480 e. The Balaban J connectivity index is 2.30. The second kappa shape index (κ2) is 6.01. The highest BCUT2D eigenvalue weighted by atomic mass is 32.2. The fourth-order valence-electron chi connectivity index (χ4n) is 1.40. The third kappa shape index (κ3) is 4.88. The summed E-state index contributed by atoms with van der Waals surface area (Å²) in [5.41, 5.74) is 0. The van der Waals surface area contributed by atoms with E-state index in [0.717, 1.165) is 12.8 Å². The van der Waals surface area contributed by atoms with E-state index in [9.17, 15) is 18.0 Å². The minimum Gasteiger partial charge on any atom is -0.480 e. The number of nitrogens with one attached hydrogen (secondary N) is 3. The molecule has 0 aromatic carbocycles. The number of amides is 2. The van der Waals surface area contributed by atoms with Gasteiger partial charge in [-0.3, -0.25) is 0 Å². The zero-order chi connectivity index (χ0) is 13.8. The number of rotatable bonds is 7. The van der Waals surface area contributed by atoms with Crippen LogP contribution >= 0.6 is 0 Å². The Kier molecular flexibility index (Phi) is 4.91. The first-order valence-corrected chi connectivity index (χ1v) is 7.19. The maximum Gasteiger partial charge on any atom is 0.326 e. The predicted molar refractivity (Wildman–Crippen MR) is 63.5 cm³/mol. The summed E-state index contributed by atoms with van der Waals surface area (Å²) in [5.74, 6) is -1.34. The average molecular weight is 279 g/mol. The van der Waals surface area contributed by atoms with Crippen molar-refractivity contribution < 1.29 is 23.1 Å². The number of carboxylic acids is 1. The Labute approximate surface area is 105 Å². The number of hydrogen-bond donors (Lipinski definition) is 4. The number of urea groups is 1. The van der Waals surface area contributed by atoms with E-state index in [1.807, 2.05) is 0 Å². The summed E-state index contributed by atoms with van der Waals surface area (Å²) in [4.78, 5) is 22.2. The van der Waals surface area contributed by atoms with Crippen LogP contribution in [-0.2, 0) is 14.8 Å². The molecule has 0 heterocycles. The average Bonchev–Trinajstić information content (AvgIpc) is 3.09. The monoisotopic (exact) mass is 279 g/mol. The van der Waals surface area contributed by atoms with E-state index in [0.29, 0.717) is 0 Å². The molecule has 0 aliphatic heterocycles.